The third-order valence-corrected chi connectivity index (χ3v) is 4.15. The number of rotatable bonds is 6. The fourth-order valence-electron chi connectivity index (χ4n) is 2.22. The molecular weight excluding hydrogens is 432 g/mol. The van der Waals surface area contributed by atoms with Gasteiger partial charge in [0, 0.05) is 4.47 Å². The maximum Gasteiger partial charge on any atom is 0.339 e. The van der Waals surface area contributed by atoms with Gasteiger partial charge in [-0.1, -0.05) is 35.0 Å². The Bertz CT molecular complexity index is 857. The molecule has 142 valence electrons. The summed E-state index contributed by atoms with van der Waals surface area (Å²) >= 11 is 8.56. The van der Waals surface area contributed by atoms with E-state index in [1.165, 1.54) is 7.11 Å². The lowest BCUT2D eigenvalue weighted by Crippen LogP contribution is -2.34. The number of carbonyl (C=O) groups is 2. The number of esters is 1. The summed E-state index contributed by atoms with van der Waals surface area (Å²) in [5, 5.41) is 5.50. The highest BCUT2D eigenvalue weighted by atomic mass is 79.9. The monoisotopic (exact) mass is 450 g/mol. The molecule has 0 heterocycles. The van der Waals surface area contributed by atoms with Gasteiger partial charge in [0.25, 0.3) is 5.91 Å². The van der Waals surface area contributed by atoms with E-state index in [0.29, 0.717) is 29.2 Å². The van der Waals surface area contributed by atoms with E-state index in [2.05, 4.69) is 26.6 Å². The molecule has 1 amide bonds. The second kappa shape index (κ2) is 10.0. The molecule has 6 nitrogen and oxygen atoms in total. The van der Waals surface area contributed by atoms with E-state index in [4.69, 9.17) is 21.7 Å². The number of hydrogen-bond acceptors (Lipinski definition) is 5. The van der Waals surface area contributed by atoms with Gasteiger partial charge in [0.05, 0.1) is 30.5 Å². The predicted octanol–water partition coefficient (Wildman–Crippen LogP) is 4.15. The molecule has 2 aromatic rings. The zero-order valence-electron chi connectivity index (χ0n) is 14.9. The molecule has 0 saturated heterocycles. The van der Waals surface area contributed by atoms with E-state index < -0.39 is 11.9 Å². The number of carbonyl (C=O) groups excluding carboxylic acids is 2. The Morgan fingerprint density at radius 2 is 1.89 bits per heavy atom. The topological polar surface area (TPSA) is 76.7 Å². The van der Waals surface area contributed by atoms with Gasteiger partial charge in [0.1, 0.15) is 5.75 Å². The predicted molar refractivity (Wildman–Crippen MR) is 111 cm³/mol. The van der Waals surface area contributed by atoms with Crippen molar-refractivity contribution < 1.29 is 19.1 Å². The van der Waals surface area contributed by atoms with E-state index in [9.17, 15) is 9.59 Å². The summed E-state index contributed by atoms with van der Waals surface area (Å²) in [6, 6.07) is 11.9. The molecule has 0 radical (unpaired) electrons. The first-order valence-electron chi connectivity index (χ1n) is 8.18. The van der Waals surface area contributed by atoms with E-state index in [-0.39, 0.29) is 5.11 Å². The van der Waals surface area contributed by atoms with E-state index in [0.717, 1.165) is 10.9 Å². The fraction of sp³-hybridized carbons (Fsp3) is 0.211. The van der Waals surface area contributed by atoms with Crippen LogP contribution in [0, 0.1) is 0 Å². The second-order valence-corrected chi connectivity index (χ2v) is 6.76. The lowest BCUT2D eigenvalue weighted by atomic mass is 10.2. The molecule has 0 aliphatic carbocycles. The van der Waals surface area contributed by atoms with Crippen LogP contribution in [0.3, 0.4) is 0 Å². The second-order valence-electron chi connectivity index (χ2n) is 5.43. The Kier molecular flexibility index (Phi) is 7.75. The van der Waals surface area contributed by atoms with Crippen molar-refractivity contribution in [1.82, 2.24) is 5.32 Å². The highest BCUT2D eigenvalue weighted by Gasteiger charge is 2.16. The van der Waals surface area contributed by atoms with Gasteiger partial charge < -0.3 is 14.8 Å². The summed E-state index contributed by atoms with van der Waals surface area (Å²) in [6.07, 6.45) is 0.821. The number of nitrogens with one attached hydrogen (secondary N) is 2. The third-order valence-electron chi connectivity index (χ3n) is 3.46. The molecule has 0 atom stereocenters. The van der Waals surface area contributed by atoms with Crippen LogP contribution in [0.1, 0.15) is 34.1 Å². The highest BCUT2D eigenvalue weighted by molar-refractivity contribution is 9.10. The molecule has 2 N–H and O–H groups in total. The van der Waals surface area contributed by atoms with Gasteiger partial charge in [-0.05, 0) is 49.0 Å². The van der Waals surface area contributed by atoms with Gasteiger partial charge >= 0.3 is 5.97 Å². The molecule has 2 rings (SSSR count). The molecule has 27 heavy (non-hydrogen) atoms. The molecule has 0 aliphatic rings. The minimum atomic E-state index is -0.505. The summed E-state index contributed by atoms with van der Waals surface area (Å²) in [4.78, 5) is 24.5. The first-order chi connectivity index (χ1) is 13.0. The molecule has 0 spiro atoms. The Morgan fingerprint density at radius 1 is 1.15 bits per heavy atom. The number of thiocarbonyl (C=S) groups is 1. The van der Waals surface area contributed by atoms with Crippen LogP contribution in [0.2, 0.25) is 0 Å². The van der Waals surface area contributed by atoms with Crippen molar-refractivity contribution >= 4 is 50.8 Å². The largest absolute Gasteiger partial charge is 0.493 e. The molecular formula is C19H19BrN2O4S. The van der Waals surface area contributed by atoms with Crippen LogP contribution in [0.25, 0.3) is 0 Å². The van der Waals surface area contributed by atoms with Crippen molar-refractivity contribution in [2.45, 2.75) is 13.3 Å². The van der Waals surface area contributed by atoms with Crippen LogP contribution in [-0.2, 0) is 4.74 Å². The number of para-hydroxylation sites is 1. The molecule has 0 aromatic heterocycles. The normalized spacial score (nSPS) is 10.0. The number of amides is 1. The van der Waals surface area contributed by atoms with Crippen molar-refractivity contribution in [2.75, 3.05) is 19.0 Å². The Hall–Kier alpha value is -2.45. The number of benzene rings is 2. The lowest BCUT2D eigenvalue weighted by Gasteiger charge is -2.14. The van der Waals surface area contributed by atoms with Crippen LogP contribution in [0.4, 0.5) is 5.69 Å². The van der Waals surface area contributed by atoms with Gasteiger partial charge in [-0.25, -0.2) is 4.79 Å². The smallest absolute Gasteiger partial charge is 0.339 e. The van der Waals surface area contributed by atoms with Crippen molar-refractivity contribution in [2.24, 2.45) is 0 Å². The number of anilines is 1. The molecule has 2 aromatic carbocycles. The zero-order valence-corrected chi connectivity index (χ0v) is 17.3. The maximum absolute atomic E-state index is 12.6. The summed E-state index contributed by atoms with van der Waals surface area (Å²) in [7, 11) is 1.30. The maximum atomic E-state index is 12.6. The molecule has 0 bridgehead atoms. The Labute approximate surface area is 171 Å². The standard InChI is InChI=1S/C19H19BrN2O4S/c1-3-10-26-16-9-8-12(20)11-14(16)17(23)22-19(27)21-15-7-5-4-6-13(15)18(24)25-2/h4-9,11H,3,10H2,1-2H3,(H2,21,22,23,27). The van der Waals surface area contributed by atoms with Crippen LogP contribution in [-0.4, -0.2) is 30.7 Å². The first kappa shape index (κ1) is 20.9. The van der Waals surface area contributed by atoms with Gasteiger partial charge in [-0.3, -0.25) is 10.1 Å². The molecule has 0 fully saturated rings. The molecule has 0 unspecified atom stereocenters. The highest BCUT2D eigenvalue weighted by Crippen LogP contribution is 2.23. The Morgan fingerprint density at radius 3 is 2.59 bits per heavy atom. The van der Waals surface area contributed by atoms with E-state index in [1.54, 1.807) is 42.5 Å². The number of hydrogen-bond donors (Lipinski definition) is 2. The van der Waals surface area contributed by atoms with Crippen LogP contribution in [0.5, 0.6) is 5.75 Å². The van der Waals surface area contributed by atoms with Gasteiger partial charge in [0.15, 0.2) is 5.11 Å². The van der Waals surface area contributed by atoms with Gasteiger partial charge in [0.2, 0.25) is 0 Å². The Balaban J connectivity index is 2.14. The summed E-state index contributed by atoms with van der Waals surface area (Å²) in [5.74, 6) is -0.458. The zero-order chi connectivity index (χ0) is 19.8. The van der Waals surface area contributed by atoms with Crippen LogP contribution < -0.4 is 15.4 Å². The van der Waals surface area contributed by atoms with Crippen LogP contribution >= 0.6 is 28.1 Å². The first-order valence-corrected chi connectivity index (χ1v) is 9.38. The van der Waals surface area contributed by atoms with Gasteiger partial charge in [-0.15, -0.1) is 0 Å². The molecule has 0 saturated carbocycles. The minimum Gasteiger partial charge on any atom is -0.493 e. The summed E-state index contributed by atoms with van der Waals surface area (Å²) in [6.45, 7) is 2.48. The van der Waals surface area contributed by atoms with Gasteiger partial charge in [-0.2, -0.15) is 0 Å². The summed E-state index contributed by atoms with van der Waals surface area (Å²) < 4.78 is 11.1. The average molecular weight is 451 g/mol. The third kappa shape index (κ3) is 5.77. The fourth-order valence-corrected chi connectivity index (χ4v) is 2.79. The minimum absolute atomic E-state index is 0.0535. The van der Waals surface area contributed by atoms with Crippen molar-refractivity contribution in [3.05, 3.63) is 58.1 Å². The van der Waals surface area contributed by atoms with Crippen molar-refractivity contribution in [3.63, 3.8) is 0 Å². The van der Waals surface area contributed by atoms with Crippen LogP contribution in [0.15, 0.2) is 46.9 Å². The summed E-state index contributed by atoms with van der Waals surface area (Å²) in [5.41, 5.74) is 1.10. The van der Waals surface area contributed by atoms with E-state index in [1.807, 2.05) is 6.92 Å². The SMILES string of the molecule is CCCOc1ccc(Br)cc1C(=O)NC(=S)Nc1ccccc1C(=O)OC. The van der Waals surface area contributed by atoms with E-state index >= 15 is 0 Å². The number of halogens is 1. The van der Waals surface area contributed by atoms with Crippen molar-refractivity contribution in [3.8, 4) is 5.75 Å². The molecule has 0 aliphatic heterocycles. The number of methoxy groups -OCH3 is 1. The average Bonchev–Trinajstić information content (AvgIpc) is 2.66. The lowest BCUT2D eigenvalue weighted by molar-refractivity contribution is 0.0602. The number of ether oxygens (including phenoxy) is 2. The quantitative estimate of drug-likeness (QED) is 0.508. The molecule has 8 heteroatoms. The van der Waals surface area contributed by atoms with Crippen molar-refractivity contribution in [1.29, 1.82) is 0 Å².